The van der Waals surface area contributed by atoms with Gasteiger partial charge in [-0.15, -0.1) is 0 Å². The second-order valence-electron chi connectivity index (χ2n) is 3.04. The third-order valence-electron chi connectivity index (χ3n) is 1.69. The van der Waals surface area contributed by atoms with E-state index in [-0.39, 0.29) is 19.1 Å². The molecule has 6 heteroatoms. The molecule has 1 rings (SSSR count). The van der Waals surface area contributed by atoms with Crippen molar-refractivity contribution in [3.05, 3.63) is 16.2 Å². The van der Waals surface area contributed by atoms with Crippen LogP contribution in [0.1, 0.15) is 0 Å². The summed E-state index contributed by atoms with van der Waals surface area (Å²) in [7, 11) is 3.64. The van der Waals surface area contributed by atoms with E-state index in [1.54, 1.807) is 4.90 Å². The highest BCUT2D eigenvalue weighted by Gasteiger charge is 2.14. The van der Waals surface area contributed by atoms with Crippen molar-refractivity contribution < 1.29 is 9.84 Å². The third-order valence-corrected chi connectivity index (χ3v) is 2.31. The van der Waals surface area contributed by atoms with Crippen LogP contribution in [0.2, 0.25) is 10.0 Å². The Morgan fingerprint density at radius 1 is 1.47 bits per heavy atom. The zero-order chi connectivity index (χ0) is 11.4. The molecule has 1 heterocycles. The molecule has 84 valence electrons. The molecule has 0 unspecified atom stereocenters. The molecule has 15 heavy (non-hydrogen) atoms. The van der Waals surface area contributed by atoms with Gasteiger partial charge in [0.15, 0.2) is 0 Å². The van der Waals surface area contributed by atoms with Gasteiger partial charge in [-0.05, 0) is 0 Å². The smallest absolute Gasteiger partial charge is 0.234 e. The van der Waals surface area contributed by atoms with E-state index in [0.717, 1.165) is 0 Å². The Morgan fingerprint density at radius 2 is 2.13 bits per heavy atom. The molecule has 0 amide bonds. The summed E-state index contributed by atoms with van der Waals surface area (Å²) in [5.41, 5.74) is 0.654. The van der Waals surface area contributed by atoms with E-state index in [9.17, 15) is 0 Å². The minimum Gasteiger partial charge on any atom is -0.474 e. The molecule has 1 N–H and O–H groups in total. The van der Waals surface area contributed by atoms with Gasteiger partial charge in [0.1, 0.15) is 11.6 Å². The number of anilines is 1. The Bertz CT molecular complexity index is 345. The highest BCUT2D eigenvalue weighted by atomic mass is 35.5. The summed E-state index contributed by atoms with van der Waals surface area (Å²) in [4.78, 5) is 5.71. The van der Waals surface area contributed by atoms with Gasteiger partial charge < -0.3 is 14.7 Å². The monoisotopic (exact) mass is 250 g/mol. The van der Waals surface area contributed by atoms with E-state index in [2.05, 4.69) is 4.98 Å². The molecule has 0 aliphatic carbocycles. The number of aliphatic hydroxyl groups excluding tert-OH is 1. The van der Waals surface area contributed by atoms with Crippen LogP contribution in [0.5, 0.6) is 5.88 Å². The average molecular weight is 251 g/mol. The van der Waals surface area contributed by atoms with Crippen LogP contribution in [0.15, 0.2) is 6.20 Å². The van der Waals surface area contributed by atoms with Gasteiger partial charge in [-0.25, -0.2) is 4.98 Å². The number of halogens is 2. The Kier molecular flexibility index (Phi) is 4.45. The first kappa shape index (κ1) is 12.4. The summed E-state index contributed by atoms with van der Waals surface area (Å²) in [6.45, 7) is 0.0686. The summed E-state index contributed by atoms with van der Waals surface area (Å²) >= 11 is 12.0. The van der Waals surface area contributed by atoms with Gasteiger partial charge in [0, 0.05) is 14.1 Å². The van der Waals surface area contributed by atoms with E-state index in [1.807, 2.05) is 14.1 Å². The number of rotatable bonds is 4. The molecular formula is C9H12Cl2N2O2. The Balaban J connectivity index is 3.05. The zero-order valence-electron chi connectivity index (χ0n) is 8.50. The minimum absolute atomic E-state index is 0.0854. The van der Waals surface area contributed by atoms with E-state index >= 15 is 0 Å². The van der Waals surface area contributed by atoms with Gasteiger partial charge in [-0.2, -0.15) is 0 Å². The summed E-state index contributed by atoms with van der Waals surface area (Å²) in [6, 6.07) is 0. The van der Waals surface area contributed by atoms with Crippen molar-refractivity contribution in [1.82, 2.24) is 4.98 Å². The van der Waals surface area contributed by atoms with Crippen molar-refractivity contribution >= 4 is 28.9 Å². The van der Waals surface area contributed by atoms with E-state index in [1.165, 1.54) is 6.20 Å². The molecule has 0 aromatic carbocycles. The summed E-state index contributed by atoms with van der Waals surface area (Å²) in [6.07, 6.45) is 1.47. The Morgan fingerprint density at radius 3 is 2.67 bits per heavy atom. The van der Waals surface area contributed by atoms with Gasteiger partial charge in [0.05, 0.1) is 23.5 Å². The van der Waals surface area contributed by atoms with Crippen LogP contribution in [0.3, 0.4) is 0 Å². The number of nitrogens with zero attached hydrogens (tertiary/aromatic N) is 2. The van der Waals surface area contributed by atoms with Crippen molar-refractivity contribution in [2.45, 2.75) is 0 Å². The number of pyridine rings is 1. The highest BCUT2D eigenvalue weighted by molar-refractivity contribution is 6.39. The molecule has 0 radical (unpaired) electrons. The molecule has 1 aromatic rings. The fourth-order valence-corrected chi connectivity index (χ4v) is 1.83. The number of hydrogen-bond acceptors (Lipinski definition) is 4. The second-order valence-corrected chi connectivity index (χ2v) is 3.83. The fourth-order valence-electron chi connectivity index (χ4n) is 1.09. The molecule has 0 saturated heterocycles. The van der Waals surface area contributed by atoms with E-state index < -0.39 is 0 Å². The Hall–Kier alpha value is -0.710. The second kappa shape index (κ2) is 5.39. The molecule has 0 fully saturated rings. The van der Waals surface area contributed by atoms with Gasteiger partial charge in [-0.3, -0.25) is 0 Å². The minimum atomic E-state index is -0.0854. The van der Waals surface area contributed by atoms with Crippen molar-refractivity contribution in [2.75, 3.05) is 32.2 Å². The maximum Gasteiger partial charge on any atom is 0.234 e. The Labute approximate surface area is 98.4 Å². The molecule has 4 nitrogen and oxygen atoms in total. The van der Waals surface area contributed by atoms with Gasteiger partial charge >= 0.3 is 0 Å². The lowest BCUT2D eigenvalue weighted by molar-refractivity contribution is 0.197. The predicted octanol–water partition coefficient (Wildman–Crippen LogP) is 1.83. The molecule has 0 spiro atoms. The molecular weight excluding hydrogens is 239 g/mol. The molecule has 0 aliphatic heterocycles. The lowest BCUT2D eigenvalue weighted by atomic mass is 10.3. The van der Waals surface area contributed by atoms with Gasteiger partial charge in [-0.1, -0.05) is 23.2 Å². The number of aliphatic hydroxyl groups is 1. The van der Waals surface area contributed by atoms with Crippen LogP contribution in [-0.4, -0.2) is 37.4 Å². The van der Waals surface area contributed by atoms with Crippen LogP contribution in [0.25, 0.3) is 0 Å². The van der Waals surface area contributed by atoms with Crippen molar-refractivity contribution in [3.8, 4) is 5.88 Å². The molecule has 0 atom stereocenters. The van der Waals surface area contributed by atoms with Crippen molar-refractivity contribution in [1.29, 1.82) is 0 Å². The van der Waals surface area contributed by atoms with Crippen LogP contribution < -0.4 is 9.64 Å². The average Bonchev–Trinajstić information content (AvgIpc) is 2.16. The van der Waals surface area contributed by atoms with Crippen LogP contribution in [0.4, 0.5) is 5.69 Å². The van der Waals surface area contributed by atoms with E-state index in [0.29, 0.717) is 15.7 Å². The fraction of sp³-hybridized carbons (Fsp3) is 0.444. The van der Waals surface area contributed by atoms with Crippen LogP contribution in [0, 0.1) is 0 Å². The number of ether oxygens (including phenoxy) is 1. The number of hydrogen-bond donors (Lipinski definition) is 1. The third kappa shape index (κ3) is 2.87. The first-order chi connectivity index (χ1) is 7.07. The molecule has 0 saturated carbocycles. The maximum atomic E-state index is 8.62. The first-order valence-corrected chi connectivity index (χ1v) is 5.08. The summed E-state index contributed by atoms with van der Waals surface area (Å²) in [5.74, 6) is 0.277. The van der Waals surface area contributed by atoms with Crippen LogP contribution >= 0.6 is 23.2 Å². The van der Waals surface area contributed by atoms with E-state index in [4.69, 9.17) is 33.0 Å². The molecule has 0 aliphatic rings. The molecule has 1 aromatic heterocycles. The van der Waals surface area contributed by atoms with Gasteiger partial charge in [0.2, 0.25) is 5.88 Å². The number of aromatic nitrogens is 1. The predicted molar refractivity (Wildman–Crippen MR) is 61.2 cm³/mol. The SMILES string of the molecule is CN(C)c1c(Cl)cnc(OCCO)c1Cl. The summed E-state index contributed by atoms with van der Waals surface area (Å²) in [5, 5.41) is 9.43. The summed E-state index contributed by atoms with van der Waals surface area (Å²) < 4.78 is 5.15. The lowest BCUT2D eigenvalue weighted by Crippen LogP contribution is -2.12. The normalized spacial score (nSPS) is 10.2. The topological polar surface area (TPSA) is 45.6 Å². The zero-order valence-corrected chi connectivity index (χ0v) is 10.0. The lowest BCUT2D eigenvalue weighted by Gasteiger charge is -2.17. The van der Waals surface area contributed by atoms with Crippen LogP contribution in [-0.2, 0) is 0 Å². The van der Waals surface area contributed by atoms with Gasteiger partial charge in [0.25, 0.3) is 0 Å². The molecule has 0 bridgehead atoms. The maximum absolute atomic E-state index is 8.62. The van der Waals surface area contributed by atoms with Crippen molar-refractivity contribution in [2.24, 2.45) is 0 Å². The quantitative estimate of drug-likeness (QED) is 0.886. The first-order valence-electron chi connectivity index (χ1n) is 4.33. The largest absolute Gasteiger partial charge is 0.474 e. The van der Waals surface area contributed by atoms with Crippen molar-refractivity contribution in [3.63, 3.8) is 0 Å². The highest BCUT2D eigenvalue weighted by Crippen LogP contribution is 2.37. The standard InChI is InChI=1S/C9H12Cl2N2O2/c1-13(2)8-6(10)5-12-9(7(8)11)15-4-3-14/h5,14H,3-4H2,1-2H3.